The van der Waals surface area contributed by atoms with E-state index in [1.165, 1.54) is 22.6 Å². The van der Waals surface area contributed by atoms with Crippen LogP contribution < -0.4 is 10.2 Å². The van der Waals surface area contributed by atoms with E-state index in [-0.39, 0.29) is 12.1 Å². The van der Waals surface area contributed by atoms with Gasteiger partial charge in [0, 0.05) is 49.3 Å². The second-order valence-electron chi connectivity index (χ2n) is 9.15. The van der Waals surface area contributed by atoms with Crippen molar-refractivity contribution in [1.82, 2.24) is 24.8 Å². The maximum Gasteiger partial charge on any atom is 0.170 e. The number of hydrogen-bond acceptors (Lipinski definition) is 4. The lowest BCUT2D eigenvalue weighted by molar-refractivity contribution is 0.307. The molecule has 0 amide bonds. The molecule has 0 bridgehead atoms. The summed E-state index contributed by atoms with van der Waals surface area (Å²) in [5.41, 5.74) is 7.90. The van der Waals surface area contributed by atoms with Crippen LogP contribution in [0.15, 0.2) is 79.1 Å². The van der Waals surface area contributed by atoms with E-state index in [1.807, 2.05) is 42.7 Å². The van der Waals surface area contributed by atoms with Gasteiger partial charge in [0.15, 0.2) is 5.11 Å². The van der Waals surface area contributed by atoms with E-state index in [0.717, 1.165) is 22.2 Å². The molecule has 35 heavy (non-hydrogen) atoms. The van der Waals surface area contributed by atoms with Gasteiger partial charge in [-0.25, -0.2) is 0 Å². The third kappa shape index (κ3) is 4.39. The van der Waals surface area contributed by atoms with Crippen LogP contribution in [0.3, 0.4) is 0 Å². The first-order chi connectivity index (χ1) is 16.9. The SMILES string of the molecule is Cc1cc([C@H]2[C@H](c3ccccn3)NC(=S)N2Cc2ccccn2)c(C)n1-c1ccc(N(C)C)cc1. The number of nitrogens with one attached hydrogen (secondary N) is 1. The Kier molecular flexibility index (Phi) is 6.26. The molecule has 0 aliphatic carbocycles. The van der Waals surface area contributed by atoms with Crippen molar-refractivity contribution < 1.29 is 0 Å². The highest BCUT2D eigenvalue weighted by Crippen LogP contribution is 2.42. The van der Waals surface area contributed by atoms with Gasteiger partial charge in [0.2, 0.25) is 0 Å². The molecule has 1 aromatic carbocycles. The van der Waals surface area contributed by atoms with Gasteiger partial charge in [0.25, 0.3) is 0 Å². The van der Waals surface area contributed by atoms with E-state index in [0.29, 0.717) is 6.54 Å². The highest BCUT2D eigenvalue weighted by Gasteiger charge is 2.41. The molecule has 4 heterocycles. The molecule has 4 aromatic rings. The van der Waals surface area contributed by atoms with Gasteiger partial charge >= 0.3 is 0 Å². The first kappa shape index (κ1) is 23.1. The number of hydrogen-bond donors (Lipinski definition) is 1. The fourth-order valence-electron chi connectivity index (χ4n) is 4.96. The summed E-state index contributed by atoms with van der Waals surface area (Å²) in [5.74, 6) is 0. The van der Waals surface area contributed by atoms with Gasteiger partial charge in [0.1, 0.15) is 0 Å². The van der Waals surface area contributed by atoms with E-state index in [2.05, 4.69) is 94.0 Å². The summed E-state index contributed by atoms with van der Waals surface area (Å²) in [6.45, 7) is 4.98. The minimum Gasteiger partial charge on any atom is -0.378 e. The molecule has 1 aliphatic heterocycles. The van der Waals surface area contributed by atoms with Gasteiger partial charge in [-0.15, -0.1) is 0 Å². The van der Waals surface area contributed by atoms with Crippen LogP contribution in [0.1, 0.15) is 40.4 Å². The second-order valence-corrected chi connectivity index (χ2v) is 9.53. The Morgan fingerprint density at radius 1 is 0.943 bits per heavy atom. The molecule has 0 unspecified atom stereocenters. The summed E-state index contributed by atoms with van der Waals surface area (Å²) in [5, 5.41) is 4.28. The van der Waals surface area contributed by atoms with Crippen molar-refractivity contribution in [3.05, 3.63) is 107 Å². The lowest BCUT2D eigenvalue weighted by Crippen LogP contribution is -2.29. The molecule has 1 fully saturated rings. The summed E-state index contributed by atoms with van der Waals surface area (Å²) < 4.78 is 2.32. The fraction of sp³-hybridized carbons (Fsp3) is 0.250. The topological polar surface area (TPSA) is 49.2 Å². The fourth-order valence-corrected chi connectivity index (χ4v) is 5.27. The van der Waals surface area contributed by atoms with Gasteiger partial charge in [-0.1, -0.05) is 12.1 Å². The average molecular weight is 483 g/mol. The van der Waals surface area contributed by atoms with Crippen LogP contribution in [-0.2, 0) is 6.54 Å². The zero-order chi connectivity index (χ0) is 24.5. The normalized spacial score (nSPS) is 17.5. The smallest absolute Gasteiger partial charge is 0.170 e. The zero-order valence-corrected chi connectivity index (χ0v) is 21.3. The van der Waals surface area contributed by atoms with E-state index < -0.39 is 0 Å². The van der Waals surface area contributed by atoms with Crippen molar-refractivity contribution in [3.63, 3.8) is 0 Å². The highest BCUT2D eigenvalue weighted by molar-refractivity contribution is 7.80. The summed E-state index contributed by atoms with van der Waals surface area (Å²) >= 11 is 5.86. The maximum atomic E-state index is 5.86. The number of pyridine rings is 2. The van der Waals surface area contributed by atoms with Crippen molar-refractivity contribution in [1.29, 1.82) is 0 Å². The average Bonchev–Trinajstić information content (AvgIpc) is 3.35. The molecular weight excluding hydrogens is 452 g/mol. The molecule has 1 saturated heterocycles. The summed E-state index contributed by atoms with van der Waals surface area (Å²) in [6.07, 6.45) is 3.67. The van der Waals surface area contributed by atoms with Crippen LogP contribution >= 0.6 is 12.2 Å². The number of benzene rings is 1. The standard InChI is InChI=1S/C28H30N6S/c1-19-17-24(20(2)34(19)23-13-11-22(12-14-23)32(3)4)27-26(25-10-6-8-16-30-25)31-28(35)33(27)18-21-9-5-7-15-29-21/h5-17,26-27H,18H2,1-4H3,(H,31,35)/t26-,27-/m0/s1. The Bertz CT molecular complexity index is 1320. The second kappa shape index (κ2) is 9.50. The van der Waals surface area contributed by atoms with Gasteiger partial charge < -0.3 is 19.7 Å². The number of aromatic nitrogens is 3. The molecule has 7 heteroatoms. The van der Waals surface area contributed by atoms with Gasteiger partial charge in [-0.05, 0) is 86.2 Å². The molecule has 1 N–H and O–H groups in total. The molecule has 1 aliphatic rings. The van der Waals surface area contributed by atoms with Crippen molar-refractivity contribution in [2.24, 2.45) is 0 Å². The van der Waals surface area contributed by atoms with Crippen molar-refractivity contribution in [3.8, 4) is 5.69 Å². The van der Waals surface area contributed by atoms with Crippen LogP contribution in [0.2, 0.25) is 0 Å². The predicted molar refractivity (Wildman–Crippen MR) is 145 cm³/mol. The predicted octanol–water partition coefficient (Wildman–Crippen LogP) is 5.12. The van der Waals surface area contributed by atoms with Crippen LogP contribution in [0.25, 0.3) is 5.69 Å². The van der Waals surface area contributed by atoms with Crippen molar-refractivity contribution in [2.45, 2.75) is 32.5 Å². The molecule has 0 spiro atoms. The zero-order valence-electron chi connectivity index (χ0n) is 20.5. The third-order valence-electron chi connectivity index (χ3n) is 6.67. The lowest BCUT2D eigenvalue weighted by atomic mass is 9.96. The number of nitrogens with zero attached hydrogens (tertiary/aromatic N) is 5. The lowest BCUT2D eigenvalue weighted by Gasteiger charge is -2.28. The van der Waals surface area contributed by atoms with E-state index in [9.17, 15) is 0 Å². The molecule has 0 radical (unpaired) electrons. The van der Waals surface area contributed by atoms with E-state index in [1.54, 1.807) is 0 Å². The first-order valence-electron chi connectivity index (χ1n) is 11.8. The molecule has 6 nitrogen and oxygen atoms in total. The van der Waals surface area contributed by atoms with Gasteiger partial charge in [-0.2, -0.15) is 0 Å². The Morgan fingerprint density at radius 3 is 2.29 bits per heavy atom. The Hall–Kier alpha value is -3.71. The van der Waals surface area contributed by atoms with Crippen LogP contribution in [0.5, 0.6) is 0 Å². The third-order valence-corrected chi connectivity index (χ3v) is 7.02. The Balaban J connectivity index is 1.59. The number of aryl methyl sites for hydroxylation is 1. The van der Waals surface area contributed by atoms with Crippen molar-refractivity contribution in [2.75, 3.05) is 19.0 Å². The first-order valence-corrected chi connectivity index (χ1v) is 12.2. The highest BCUT2D eigenvalue weighted by atomic mass is 32.1. The molecular formula is C28H30N6S. The quantitative estimate of drug-likeness (QED) is 0.385. The summed E-state index contributed by atoms with van der Waals surface area (Å²) in [4.78, 5) is 13.6. The minimum absolute atomic E-state index is 0.0135. The van der Waals surface area contributed by atoms with E-state index >= 15 is 0 Å². The molecule has 5 rings (SSSR count). The minimum atomic E-state index is -0.0579. The van der Waals surface area contributed by atoms with Crippen LogP contribution in [0, 0.1) is 13.8 Å². The summed E-state index contributed by atoms with van der Waals surface area (Å²) in [7, 11) is 4.12. The van der Waals surface area contributed by atoms with Crippen LogP contribution in [-0.4, -0.2) is 38.6 Å². The molecule has 2 atom stereocenters. The Labute approximate surface area is 212 Å². The van der Waals surface area contributed by atoms with Gasteiger partial charge in [0.05, 0.1) is 30.0 Å². The maximum absolute atomic E-state index is 5.86. The molecule has 178 valence electrons. The number of rotatable bonds is 6. The number of anilines is 1. The summed E-state index contributed by atoms with van der Waals surface area (Å²) in [6, 6.07) is 22.9. The van der Waals surface area contributed by atoms with Crippen LogP contribution in [0.4, 0.5) is 5.69 Å². The molecule has 3 aromatic heterocycles. The molecule has 0 saturated carbocycles. The van der Waals surface area contributed by atoms with E-state index in [4.69, 9.17) is 12.2 Å². The Morgan fingerprint density at radius 2 is 1.66 bits per heavy atom. The van der Waals surface area contributed by atoms with Crippen molar-refractivity contribution >= 4 is 23.0 Å². The monoisotopic (exact) mass is 482 g/mol. The van der Waals surface area contributed by atoms with Gasteiger partial charge in [-0.3, -0.25) is 9.97 Å². The largest absolute Gasteiger partial charge is 0.378 e. The number of thiocarbonyl (C=S) groups is 1.